The summed E-state index contributed by atoms with van der Waals surface area (Å²) in [7, 11) is 3.91. The summed E-state index contributed by atoms with van der Waals surface area (Å²) in [5.41, 5.74) is 0. The number of rotatable bonds is 6. The highest BCUT2D eigenvalue weighted by Gasteiger charge is 2.21. The van der Waals surface area contributed by atoms with Crippen LogP contribution in [0.1, 0.15) is 34.1 Å². The van der Waals surface area contributed by atoms with Gasteiger partial charge in [0.15, 0.2) is 0 Å². The number of carbonyl (C=O) groups excluding carboxylic acids is 1. The Kier molecular flexibility index (Phi) is 6.57. The molecule has 3 heteroatoms. The van der Waals surface area contributed by atoms with Gasteiger partial charge in [0.25, 0.3) is 0 Å². The maximum Gasteiger partial charge on any atom is 0.307 e. The number of nitrogens with zero attached hydrogens (tertiary/aromatic N) is 1. The quantitative estimate of drug-likeness (QED) is 0.636. The molecule has 0 aliphatic carbocycles. The van der Waals surface area contributed by atoms with Gasteiger partial charge in [-0.25, -0.2) is 0 Å². The molecule has 0 aromatic rings. The Morgan fingerprint density at radius 2 is 1.60 bits per heavy atom. The molecule has 0 spiro atoms. The molecular formula is C12H25NO2. The van der Waals surface area contributed by atoms with Crippen molar-refractivity contribution in [1.82, 2.24) is 4.90 Å². The van der Waals surface area contributed by atoms with Gasteiger partial charge in [-0.1, -0.05) is 27.7 Å². The van der Waals surface area contributed by atoms with Crippen molar-refractivity contribution in [3.63, 3.8) is 0 Å². The first-order valence-corrected chi connectivity index (χ1v) is 5.68. The van der Waals surface area contributed by atoms with E-state index in [4.69, 9.17) is 4.74 Å². The van der Waals surface area contributed by atoms with Crippen molar-refractivity contribution in [3.8, 4) is 0 Å². The molecule has 0 amide bonds. The topological polar surface area (TPSA) is 29.5 Å². The van der Waals surface area contributed by atoms with Crippen LogP contribution in [0.25, 0.3) is 0 Å². The molecule has 15 heavy (non-hydrogen) atoms. The number of esters is 1. The van der Waals surface area contributed by atoms with Gasteiger partial charge < -0.3 is 9.64 Å². The SMILES string of the molecule is CC(C)C(OC(=O)CCN(C)C)C(C)C. The highest BCUT2D eigenvalue weighted by Crippen LogP contribution is 2.16. The van der Waals surface area contributed by atoms with Crippen LogP contribution in [0.15, 0.2) is 0 Å². The Balaban J connectivity index is 4.01. The van der Waals surface area contributed by atoms with Crippen LogP contribution in [0.2, 0.25) is 0 Å². The van der Waals surface area contributed by atoms with Gasteiger partial charge in [-0.3, -0.25) is 4.79 Å². The van der Waals surface area contributed by atoms with E-state index in [2.05, 4.69) is 27.7 Å². The fourth-order valence-electron chi connectivity index (χ4n) is 1.57. The Morgan fingerprint density at radius 1 is 1.13 bits per heavy atom. The first-order valence-electron chi connectivity index (χ1n) is 5.68. The first kappa shape index (κ1) is 14.4. The molecule has 0 heterocycles. The van der Waals surface area contributed by atoms with Crippen molar-refractivity contribution in [3.05, 3.63) is 0 Å². The Bertz CT molecular complexity index is 180. The van der Waals surface area contributed by atoms with E-state index < -0.39 is 0 Å². The summed E-state index contributed by atoms with van der Waals surface area (Å²) in [6.07, 6.45) is 0.516. The number of hydrogen-bond acceptors (Lipinski definition) is 3. The van der Waals surface area contributed by atoms with Crippen molar-refractivity contribution in [2.24, 2.45) is 11.8 Å². The number of carbonyl (C=O) groups is 1. The zero-order chi connectivity index (χ0) is 12.0. The average Bonchev–Trinajstić information content (AvgIpc) is 2.09. The second kappa shape index (κ2) is 6.83. The minimum atomic E-state index is -0.0869. The normalized spacial score (nSPS) is 11.9. The fraction of sp³-hybridized carbons (Fsp3) is 0.917. The molecule has 0 aromatic carbocycles. The minimum Gasteiger partial charge on any atom is -0.462 e. The Hall–Kier alpha value is -0.570. The molecule has 0 N–H and O–H groups in total. The minimum absolute atomic E-state index is 0.0414. The van der Waals surface area contributed by atoms with E-state index in [1.165, 1.54) is 0 Å². The monoisotopic (exact) mass is 215 g/mol. The predicted octanol–water partition coefficient (Wildman–Crippen LogP) is 2.16. The summed E-state index contributed by atoms with van der Waals surface area (Å²) < 4.78 is 5.46. The molecule has 0 aliphatic rings. The largest absolute Gasteiger partial charge is 0.462 e. The van der Waals surface area contributed by atoms with Crippen LogP contribution < -0.4 is 0 Å². The van der Waals surface area contributed by atoms with E-state index in [0.29, 0.717) is 18.3 Å². The molecule has 0 aliphatic heterocycles. The maximum atomic E-state index is 11.5. The molecule has 3 nitrogen and oxygen atoms in total. The summed E-state index contributed by atoms with van der Waals surface area (Å²) in [6, 6.07) is 0. The van der Waals surface area contributed by atoms with Crippen molar-refractivity contribution in [2.45, 2.75) is 40.2 Å². The predicted molar refractivity (Wildman–Crippen MR) is 62.7 cm³/mol. The molecule has 0 saturated heterocycles. The second-order valence-electron chi connectivity index (χ2n) is 5.00. The van der Waals surface area contributed by atoms with Gasteiger partial charge in [-0.2, -0.15) is 0 Å². The Labute approximate surface area is 93.8 Å². The third-order valence-electron chi connectivity index (χ3n) is 2.34. The van der Waals surface area contributed by atoms with Crippen LogP contribution >= 0.6 is 0 Å². The van der Waals surface area contributed by atoms with E-state index in [9.17, 15) is 4.79 Å². The molecule has 0 aromatic heterocycles. The smallest absolute Gasteiger partial charge is 0.307 e. The van der Waals surface area contributed by atoms with E-state index in [-0.39, 0.29) is 12.1 Å². The van der Waals surface area contributed by atoms with E-state index in [1.807, 2.05) is 19.0 Å². The van der Waals surface area contributed by atoms with Crippen LogP contribution in [0.5, 0.6) is 0 Å². The van der Waals surface area contributed by atoms with E-state index in [0.717, 1.165) is 6.54 Å². The van der Waals surface area contributed by atoms with Gasteiger partial charge in [-0.15, -0.1) is 0 Å². The van der Waals surface area contributed by atoms with Crippen LogP contribution in [-0.2, 0) is 9.53 Å². The maximum absolute atomic E-state index is 11.5. The Morgan fingerprint density at radius 3 is 1.93 bits per heavy atom. The van der Waals surface area contributed by atoms with E-state index >= 15 is 0 Å². The molecule has 0 unspecified atom stereocenters. The van der Waals surface area contributed by atoms with Crippen molar-refractivity contribution in [2.75, 3.05) is 20.6 Å². The van der Waals surface area contributed by atoms with Gasteiger partial charge in [0.2, 0.25) is 0 Å². The molecule has 0 fully saturated rings. The molecule has 0 bridgehead atoms. The van der Waals surface area contributed by atoms with Crippen molar-refractivity contribution >= 4 is 5.97 Å². The third kappa shape index (κ3) is 6.50. The zero-order valence-corrected chi connectivity index (χ0v) is 10.9. The number of ether oxygens (including phenoxy) is 1. The molecule has 0 atom stereocenters. The summed E-state index contributed by atoms with van der Waals surface area (Å²) in [5, 5.41) is 0. The standard InChI is InChI=1S/C12H25NO2/c1-9(2)12(10(3)4)15-11(14)7-8-13(5)6/h9-10,12H,7-8H2,1-6H3. The third-order valence-corrected chi connectivity index (χ3v) is 2.34. The van der Waals surface area contributed by atoms with Crippen molar-refractivity contribution < 1.29 is 9.53 Å². The molecule has 0 rings (SSSR count). The van der Waals surface area contributed by atoms with Gasteiger partial charge in [0.05, 0.1) is 6.42 Å². The summed E-state index contributed by atoms with van der Waals surface area (Å²) in [4.78, 5) is 13.5. The second-order valence-corrected chi connectivity index (χ2v) is 5.00. The van der Waals surface area contributed by atoms with Gasteiger partial charge >= 0.3 is 5.97 Å². The average molecular weight is 215 g/mol. The lowest BCUT2D eigenvalue weighted by Gasteiger charge is -2.25. The highest BCUT2D eigenvalue weighted by atomic mass is 16.5. The van der Waals surface area contributed by atoms with Gasteiger partial charge in [0, 0.05) is 6.54 Å². The van der Waals surface area contributed by atoms with Crippen LogP contribution in [0.4, 0.5) is 0 Å². The summed E-state index contributed by atoms with van der Waals surface area (Å²) >= 11 is 0. The summed E-state index contributed by atoms with van der Waals surface area (Å²) in [6.45, 7) is 9.10. The molecule has 0 saturated carbocycles. The lowest BCUT2D eigenvalue weighted by Crippen LogP contribution is -2.30. The van der Waals surface area contributed by atoms with Crippen LogP contribution in [-0.4, -0.2) is 37.6 Å². The molecule has 0 radical (unpaired) electrons. The lowest BCUT2D eigenvalue weighted by molar-refractivity contribution is -0.154. The van der Waals surface area contributed by atoms with Crippen LogP contribution in [0, 0.1) is 11.8 Å². The van der Waals surface area contributed by atoms with Crippen molar-refractivity contribution in [1.29, 1.82) is 0 Å². The molecular weight excluding hydrogens is 190 g/mol. The molecule has 90 valence electrons. The first-order chi connectivity index (χ1) is 6.84. The van der Waals surface area contributed by atoms with Crippen LogP contribution in [0.3, 0.4) is 0 Å². The highest BCUT2D eigenvalue weighted by molar-refractivity contribution is 5.69. The summed E-state index contributed by atoms with van der Waals surface area (Å²) in [5.74, 6) is 0.678. The van der Waals surface area contributed by atoms with E-state index in [1.54, 1.807) is 0 Å². The van der Waals surface area contributed by atoms with Gasteiger partial charge in [0.1, 0.15) is 6.10 Å². The lowest BCUT2D eigenvalue weighted by atomic mass is 9.96. The van der Waals surface area contributed by atoms with Gasteiger partial charge in [-0.05, 0) is 25.9 Å². The number of hydrogen-bond donors (Lipinski definition) is 0. The zero-order valence-electron chi connectivity index (χ0n) is 10.9. The fourth-order valence-corrected chi connectivity index (χ4v) is 1.57.